The highest BCUT2D eigenvalue weighted by molar-refractivity contribution is 7.12. The Hall–Kier alpha value is -2.01. The number of amides is 1. The van der Waals surface area contributed by atoms with Crippen LogP contribution in [0.15, 0.2) is 36.0 Å². The maximum absolute atomic E-state index is 12.1. The lowest BCUT2D eigenvalue weighted by Crippen LogP contribution is -2.31. The molecule has 0 bridgehead atoms. The van der Waals surface area contributed by atoms with E-state index >= 15 is 0 Å². The molecule has 114 valence electrons. The number of rotatable bonds is 5. The molecule has 0 spiro atoms. The van der Waals surface area contributed by atoms with E-state index in [1.165, 1.54) is 22.5 Å². The fourth-order valence-electron chi connectivity index (χ4n) is 2.84. The monoisotopic (exact) mass is 314 g/mol. The second-order valence-corrected chi connectivity index (χ2v) is 6.43. The average molecular weight is 314 g/mol. The summed E-state index contributed by atoms with van der Waals surface area (Å²) in [5.41, 5.74) is 2.38. The van der Waals surface area contributed by atoms with Crippen LogP contribution in [0.2, 0.25) is 0 Å². The molecule has 3 rings (SSSR count). The Labute approximate surface area is 133 Å². The summed E-state index contributed by atoms with van der Waals surface area (Å²) < 4.78 is 0. The first-order valence-electron chi connectivity index (χ1n) is 7.53. The van der Waals surface area contributed by atoms with E-state index in [0.29, 0.717) is 0 Å². The highest BCUT2D eigenvalue weighted by Gasteiger charge is 2.22. The molecule has 0 fully saturated rings. The van der Waals surface area contributed by atoms with E-state index in [1.807, 2.05) is 23.7 Å². The summed E-state index contributed by atoms with van der Waals surface area (Å²) in [6.45, 7) is 0. The molecule has 0 radical (unpaired) electrons. The largest absolute Gasteiger partial charge is 0.349 e. The molecule has 1 aliphatic rings. The minimum absolute atomic E-state index is 0.0402. The van der Waals surface area contributed by atoms with Gasteiger partial charge in [-0.1, -0.05) is 6.07 Å². The van der Waals surface area contributed by atoms with Crippen LogP contribution in [0, 0.1) is 0 Å². The molecule has 0 saturated heterocycles. The zero-order valence-electron chi connectivity index (χ0n) is 12.2. The fourth-order valence-corrected chi connectivity index (χ4v) is 3.54. The van der Waals surface area contributed by atoms with Gasteiger partial charge in [-0.05, 0) is 47.9 Å². The van der Waals surface area contributed by atoms with Gasteiger partial charge in [0.2, 0.25) is 5.91 Å². The molecular formula is C17H18N2O2S. The lowest BCUT2D eigenvalue weighted by Gasteiger charge is -2.25. The molecule has 0 aromatic carbocycles. The fraction of sp³-hybridized carbons (Fsp3) is 0.353. The SMILES string of the molecule is O=C(CCC(=O)c1cccs1)NC1CCCc2cnccc21. The molecule has 1 amide bonds. The molecule has 5 heteroatoms. The van der Waals surface area contributed by atoms with E-state index < -0.39 is 0 Å². The number of nitrogens with zero attached hydrogens (tertiary/aromatic N) is 1. The number of nitrogens with one attached hydrogen (secondary N) is 1. The first-order valence-corrected chi connectivity index (χ1v) is 8.41. The molecule has 2 aromatic rings. The number of hydrogen-bond donors (Lipinski definition) is 1. The standard InChI is InChI=1S/C17H18N2O2S/c20-15(16-5-2-10-22-16)6-7-17(21)19-14-4-1-3-12-11-18-9-8-13(12)14/h2,5,8-11,14H,1,3-4,6-7H2,(H,19,21). The van der Waals surface area contributed by atoms with Crippen molar-refractivity contribution >= 4 is 23.0 Å². The Morgan fingerprint density at radius 3 is 3.05 bits per heavy atom. The Morgan fingerprint density at radius 1 is 1.32 bits per heavy atom. The van der Waals surface area contributed by atoms with E-state index in [-0.39, 0.29) is 30.6 Å². The van der Waals surface area contributed by atoms with Gasteiger partial charge in [0.25, 0.3) is 0 Å². The van der Waals surface area contributed by atoms with Crippen molar-refractivity contribution in [3.8, 4) is 0 Å². The van der Waals surface area contributed by atoms with Crippen molar-refractivity contribution in [2.24, 2.45) is 0 Å². The van der Waals surface area contributed by atoms with Crippen molar-refractivity contribution in [3.05, 3.63) is 52.0 Å². The van der Waals surface area contributed by atoms with Crippen LogP contribution in [0.5, 0.6) is 0 Å². The summed E-state index contributed by atoms with van der Waals surface area (Å²) in [5, 5.41) is 4.94. The van der Waals surface area contributed by atoms with Gasteiger partial charge in [-0.3, -0.25) is 14.6 Å². The van der Waals surface area contributed by atoms with Gasteiger partial charge in [0.15, 0.2) is 5.78 Å². The molecule has 22 heavy (non-hydrogen) atoms. The van der Waals surface area contributed by atoms with Gasteiger partial charge in [-0.15, -0.1) is 11.3 Å². The Kier molecular flexibility index (Phi) is 4.63. The second-order valence-electron chi connectivity index (χ2n) is 5.49. The molecule has 4 nitrogen and oxygen atoms in total. The van der Waals surface area contributed by atoms with E-state index in [1.54, 1.807) is 12.3 Å². The molecule has 0 saturated carbocycles. The van der Waals surface area contributed by atoms with Crippen LogP contribution >= 0.6 is 11.3 Å². The predicted octanol–water partition coefficient (Wildman–Crippen LogP) is 3.30. The van der Waals surface area contributed by atoms with Crippen LogP contribution in [-0.4, -0.2) is 16.7 Å². The molecule has 2 heterocycles. The summed E-state index contributed by atoms with van der Waals surface area (Å²) in [5.74, 6) is -0.0158. The molecule has 1 aliphatic carbocycles. The minimum atomic E-state index is -0.0560. The van der Waals surface area contributed by atoms with E-state index in [4.69, 9.17) is 0 Å². The van der Waals surface area contributed by atoms with Gasteiger partial charge in [-0.25, -0.2) is 0 Å². The summed E-state index contributed by atoms with van der Waals surface area (Å²) in [6.07, 6.45) is 7.18. The number of fused-ring (bicyclic) bond motifs is 1. The van der Waals surface area contributed by atoms with Gasteiger partial charge in [0.1, 0.15) is 0 Å². The van der Waals surface area contributed by atoms with Gasteiger partial charge in [0, 0.05) is 25.2 Å². The van der Waals surface area contributed by atoms with Gasteiger partial charge >= 0.3 is 0 Å². The van der Waals surface area contributed by atoms with Crippen molar-refractivity contribution < 1.29 is 9.59 Å². The topological polar surface area (TPSA) is 59.1 Å². The number of carbonyl (C=O) groups is 2. The van der Waals surface area contributed by atoms with E-state index in [0.717, 1.165) is 24.1 Å². The molecule has 0 aliphatic heterocycles. The van der Waals surface area contributed by atoms with Crippen molar-refractivity contribution in [3.63, 3.8) is 0 Å². The number of ketones is 1. The summed E-state index contributed by atoms with van der Waals surface area (Å²) in [4.78, 5) is 28.9. The number of thiophene rings is 1. The summed E-state index contributed by atoms with van der Waals surface area (Å²) in [6, 6.07) is 5.69. The number of aryl methyl sites for hydroxylation is 1. The Morgan fingerprint density at radius 2 is 2.23 bits per heavy atom. The number of hydrogen-bond acceptors (Lipinski definition) is 4. The lowest BCUT2D eigenvalue weighted by molar-refractivity contribution is -0.121. The Balaban J connectivity index is 1.55. The second kappa shape index (κ2) is 6.83. The van der Waals surface area contributed by atoms with E-state index in [9.17, 15) is 9.59 Å². The van der Waals surface area contributed by atoms with Crippen LogP contribution in [0.25, 0.3) is 0 Å². The maximum atomic E-state index is 12.1. The van der Waals surface area contributed by atoms with Crippen molar-refractivity contribution in [2.45, 2.75) is 38.1 Å². The first-order chi connectivity index (χ1) is 10.7. The third kappa shape index (κ3) is 3.42. The van der Waals surface area contributed by atoms with Gasteiger partial charge in [-0.2, -0.15) is 0 Å². The number of Topliss-reactive ketones (excluding diaryl/α,β-unsaturated/α-hetero) is 1. The third-order valence-electron chi connectivity index (χ3n) is 3.97. The minimum Gasteiger partial charge on any atom is -0.349 e. The predicted molar refractivity (Wildman–Crippen MR) is 85.9 cm³/mol. The van der Waals surface area contributed by atoms with Crippen LogP contribution in [0.3, 0.4) is 0 Å². The normalized spacial score (nSPS) is 16.8. The van der Waals surface area contributed by atoms with Crippen molar-refractivity contribution in [2.75, 3.05) is 0 Å². The molecule has 1 N–H and O–H groups in total. The van der Waals surface area contributed by atoms with Crippen LogP contribution < -0.4 is 5.32 Å². The smallest absolute Gasteiger partial charge is 0.220 e. The first kappa shape index (κ1) is 14.9. The molecule has 2 aromatic heterocycles. The third-order valence-corrected chi connectivity index (χ3v) is 4.88. The zero-order valence-corrected chi connectivity index (χ0v) is 13.1. The van der Waals surface area contributed by atoms with Crippen molar-refractivity contribution in [1.82, 2.24) is 10.3 Å². The number of carbonyl (C=O) groups excluding carboxylic acids is 2. The molecule has 1 unspecified atom stereocenters. The summed E-state index contributed by atoms with van der Waals surface area (Å²) >= 11 is 1.42. The maximum Gasteiger partial charge on any atom is 0.220 e. The van der Waals surface area contributed by atoms with Crippen LogP contribution in [0.4, 0.5) is 0 Å². The highest BCUT2D eigenvalue weighted by atomic mass is 32.1. The van der Waals surface area contributed by atoms with Gasteiger partial charge < -0.3 is 5.32 Å². The number of aromatic nitrogens is 1. The number of pyridine rings is 1. The van der Waals surface area contributed by atoms with Gasteiger partial charge in [0.05, 0.1) is 10.9 Å². The van der Waals surface area contributed by atoms with Crippen molar-refractivity contribution in [1.29, 1.82) is 0 Å². The average Bonchev–Trinajstić information content (AvgIpc) is 3.07. The van der Waals surface area contributed by atoms with Crippen LogP contribution in [0.1, 0.15) is 52.5 Å². The lowest BCUT2D eigenvalue weighted by atomic mass is 9.89. The van der Waals surface area contributed by atoms with Crippen LogP contribution in [-0.2, 0) is 11.2 Å². The molecular weight excluding hydrogens is 296 g/mol. The van der Waals surface area contributed by atoms with E-state index in [2.05, 4.69) is 10.3 Å². The Bertz CT molecular complexity index is 667. The quantitative estimate of drug-likeness (QED) is 0.861. The summed E-state index contributed by atoms with van der Waals surface area (Å²) in [7, 11) is 0. The molecule has 1 atom stereocenters. The zero-order chi connectivity index (χ0) is 15.4. The highest BCUT2D eigenvalue weighted by Crippen LogP contribution is 2.28.